The summed E-state index contributed by atoms with van der Waals surface area (Å²) in [6.45, 7) is 0.776. The van der Waals surface area contributed by atoms with E-state index in [1.54, 1.807) is 17.0 Å². The molecule has 1 fully saturated rings. The Morgan fingerprint density at radius 2 is 1.77 bits per heavy atom. The SMILES string of the molecule is O=C(O)c1ccc(-c2nn(-c3cc(N4CC[C@H](O)C4)ccc3C(F)(F)F)c(=O)c3c2CCC3)cc1. The number of aliphatic hydroxyl groups excluding tert-OH is 1. The van der Waals surface area contributed by atoms with Crippen molar-refractivity contribution in [3.8, 4) is 16.9 Å². The third-order valence-corrected chi connectivity index (χ3v) is 6.60. The molecular formula is C25H22F3N3O4. The lowest BCUT2D eigenvalue weighted by Crippen LogP contribution is -2.29. The first kappa shape index (κ1) is 23.1. The van der Waals surface area contributed by atoms with Gasteiger partial charge in [0.15, 0.2) is 0 Å². The minimum Gasteiger partial charge on any atom is -0.478 e. The third-order valence-electron chi connectivity index (χ3n) is 6.60. The van der Waals surface area contributed by atoms with Gasteiger partial charge in [-0.2, -0.15) is 23.0 Å². The van der Waals surface area contributed by atoms with Crippen LogP contribution < -0.4 is 10.5 Å². The molecule has 1 aliphatic carbocycles. The van der Waals surface area contributed by atoms with E-state index in [-0.39, 0.29) is 11.3 Å². The number of carboxylic acid groups (broad SMARTS) is 1. The normalized spacial score (nSPS) is 17.6. The van der Waals surface area contributed by atoms with E-state index in [4.69, 9.17) is 0 Å². The smallest absolute Gasteiger partial charge is 0.418 e. The van der Waals surface area contributed by atoms with E-state index in [0.29, 0.717) is 66.8 Å². The number of benzene rings is 2. The van der Waals surface area contributed by atoms with Gasteiger partial charge >= 0.3 is 12.1 Å². The molecule has 2 N–H and O–H groups in total. The first-order chi connectivity index (χ1) is 16.6. The molecule has 2 aliphatic rings. The minimum absolute atomic E-state index is 0.0681. The molecule has 2 heterocycles. The second-order valence-corrected chi connectivity index (χ2v) is 8.85. The van der Waals surface area contributed by atoms with Gasteiger partial charge in [0.2, 0.25) is 0 Å². The van der Waals surface area contributed by atoms with E-state index in [1.165, 1.54) is 24.3 Å². The fraction of sp³-hybridized carbons (Fsp3) is 0.320. The summed E-state index contributed by atoms with van der Waals surface area (Å²) >= 11 is 0. The van der Waals surface area contributed by atoms with Crippen molar-refractivity contribution >= 4 is 11.7 Å². The Bertz CT molecular complexity index is 1370. The van der Waals surface area contributed by atoms with Crippen molar-refractivity contribution in [3.63, 3.8) is 0 Å². The van der Waals surface area contributed by atoms with E-state index < -0.39 is 29.4 Å². The number of alkyl halides is 3. The summed E-state index contributed by atoms with van der Waals surface area (Å²) < 4.78 is 42.8. The van der Waals surface area contributed by atoms with Gasteiger partial charge in [-0.25, -0.2) is 4.79 Å². The number of carboxylic acids is 1. The second-order valence-electron chi connectivity index (χ2n) is 8.85. The number of aromatic nitrogens is 2. The van der Waals surface area contributed by atoms with Crippen molar-refractivity contribution < 1.29 is 28.2 Å². The largest absolute Gasteiger partial charge is 0.478 e. The molecule has 0 radical (unpaired) electrons. The quantitative estimate of drug-likeness (QED) is 0.586. The molecule has 182 valence electrons. The van der Waals surface area contributed by atoms with Crippen molar-refractivity contribution in [2.24, 2.45) is 0 Å². The van der Waals surface area contributed by atoms with Crippen molar-refractivity contribution in [1.82, 2.24) is 9.78 Å². The van der Waals surface area contributed by atoms with Crippen LogP contribution in [0.1, 0.15) is 39.9 Å². The molecule has 3 aromatic rings. The van der Waals surface area contributed by atoms with Crippen LogP contribution in [0.4, 0.5) is 18.9 Å². The summed E-state index contributed by atoms with van der Waals surface area (Å²) in [7, 11) is 0. The van der Waals surface area contributed by atoms with Gasteiger partial charge in [0, 0.05) is 29.9 Å². The Morgan fingerprint density at radius 3 is 2.40 bits per heavy atom. The lowest BCUT2D eigenvalue weighted by molar-refractivity contribution is -0.137. The second kappa shape index (κ2) is 8.53. The maximum absolute atomic E-state index is 14.0. The Hall–Kier alpha value is -3.66. The van der Waals surface area contributed by atoms with Gasteiger partial charge in [-0.15, -0.1) is 0 Å². The fourth-order valence-corrected chi connectivity index (χ4v) is 4.85. The Kier molecular flexibility index (Phi) is 5.63. The molecule has 0 bridgehead atoms. The summed E-state index contributed by atoms with van der Waals surface area (Å²) in [5, 5.41) is 23.5. The van der Waals surface area contributed by atoms with Crippen LogP contribution in [0, 0.1) is 0 Å². The Balaban J connectivity index is 1.71. The maximum Gasteiger partial charge on any atom is 0.418 e. The average molecular weight is 485 g/mol. The molecule has 5 rings (SSSR count). The van der Waals surface area contributed by atoms with Crippen LogP contribution in [0.15, 0.2) is 47.3 Å². The zero-order valence-corrected chi connectivity index (χ0v) is 18.5. The molecule has 0 unspecified atom stereocenters. The number of carbonyl (C=O) groups is 1. The summed E-state index contributed by atoms with van der Waals surface area (Å²) in [5.74, 6) is -1.10. The average Bonchev–Trinajstić information content (AvgIpc) is 3.48. The molecule has 7 nitrogen and oxygen atoms in total. The number of fused-ring (bicyclic) bond motifs is 1. The summed E-state index contributed by atoms with van der Waals surface area (Å²) in [5.41, 5.74) is 0.574. The number of hydrogen-bond donors (Lipinski definition) is 2. The molecule has 0 amide bonds. The zero-order chi connectivity index (χ0) is 24.9. The molecule has 1 saturated heterocycles. The fourth-order valence-electron chi connectivity index (χ4n) is 4.85. The third kappa shape index (κ3) is 4.18. The van der Waals surface area contributed by atoms with E-state index in [1.807, 2.05) is 0 Å². The van der Waals surface area contributed by atoms with Gasteiger partial charge in [-0.3, -0.25) is 4.79 Å². The number of β-amino-alcohol motifs (C(OH)–C–C–N with tert-alkyl or cyclic N) is 1. The Morgan fingerprint density at radius 1 is 1.06 bits per heavy atom. The topological polar surface area (TPSA) is 95.7 Å². The number of aliphatic hydroxyl groups is 1. The van der Waals surface area contributed by atoms with Gasteiger partial charge in [0.05, 0.1) is 28.6 Å². The molecule has 1 aliphatic heterocycles. The highest BCUT2D eigenvalue weighted by atomic mass is 19.4. The first-order valence-corrected chi connectivity index (χ1v) is 11.3. The number of aromatic carboxylic acids is 1. The summed E-state index contributed by atoms with van der Waals surface area (Å²) in [4.78, 5) is 26.4. The number of nitrogens with zero attached hydrogens (tertiary/aromatic N) is 3. The van der Waals surface area contributed by atoms with Crippen LogP contribution >= 0.6 is 0 Å². The van der Waals surface area contributed by atoms with Crippen molar-refractivity contribution in [1.29, 1.82) is 0 Å². The minimum atomic E-state index is -4.72. The zero-order valence-electron chi connectivity index (χ0n) is 18.5. The predicted molar refractivity (Wildman–Crippen MR) is 122 cm³/mol. The van der Waals surface area contributed by atoms with Crippen LogP contribution in [0.5, 0.6) is 0 Å². The molecule has 1 atom stereocenters. The number of rotatable bonds is 4. The highest BCUT2D eigenvalue weighted by Gasteiger charge is 2.36. The van der Waals surface area contributed by atoms with Crippen molar-refractivity contribution in [2.45, 2.75) is 38.0 Å². The molecule has 2 aromatic carbocycles. The van der Waals surface area contributed by atoms with E-state index in [9.17, 15) is 33.0 Å². The number of hydrogen-bond acceptors (Lipinski definition) is 5. The van der Waals surface area contributed by atoms with Crippen molar-refractivity contribution in [3.05, 3.63) is 75.1 Å². The van der Waals surface area contributed by atoms with Gasteiger partial charge in [0.1, 0.15) is 0 Å². The molecule has 1 aromatic heterocycles. The first-order valence-electron chi connectivity index (χ1n) is 11.3. The highest BCUT2D eigenvalue weighted by Crippen LogP contribution is 2.37. The molecule has 10 heteroatoms. The monoisotopic (exact) mass is 485 g/mol. The van der Waals surface area contributed by atoms with Crippen LogP contribution in [-0.2, 0) is 19.0 Å². The number of anilines is 1. The van der Waals surface area contributed by atoms with Crippen LogP contribution in [0.3, 0.4) is 0 Å². The van der Waals surface area contributed by atoms with Gasteiger partial charge < -0.3 is 15.1 Å². The molecule has 35 heavy (non-hydrogen) atoms. The number of halogens is 3. The van der Waals surface area contributed by atoms with E-state index in [0.717, 1.165) is 10.7 Å². The van der Waals surface area contributed by atoms with Crippen molar-refractivity contribution in [2.75, 3.05) is 18.0 Å². The lowest BCUT2D eigenvalue weighted by Gasteiger charge is -2.22. The van der Waals surface area contributed by atoms with Gasteiger partial charge in [-0.05, 0) is 61.6 Å². The molecule has 0 saturated carbocycles. The Labute approximate surface area is 198 Å². The summed E-state index contributed by atoms with van der Waals surface area (Å²) in [6.07, 6.45) is -3.12. The van der Waals surface area contributed by atoms with E-state index in [2.05, 4.69) is 5.10 Å². The highest BCUT2D eigenvalue weighted by molar-refractivity contribution is 5.88. The standard InChI is InChI=1S/C25H22F3N3O4/c26-25(27,28)20-9-8-16(30-11-10-17(32)13-30)12-21(20)31-23(33)19-3-1-2-18(19)22(29-31)14-4-6-15(7-5-14)24(34)35/h4-9,12,17,32H,1-3,10-11,13H2,(H,34,35)/t17-/m0/s1. The summed E-state index contributed by atoms with van der Waals surface area (Å²) in [6, 6.07) is 9.48. The maximum atomic E-state index is 14.0. The van der Waals surface area contributed by atoms with Gasteiger partial charge in [-0.1, -0.05) is 12.1 Å². The van der Waals surface area contributed by atoms with Crippen LogP contribution in [0.2, 0.25) is 0 Å². The predicted octanol–water partition coefficient (Wildman–Crippen LogP) is 3.68. The lowest BCUT2D eigenvalue weighted by atomic mass is 10.0. The van der Waals surface area contributed by atoms with Gasteiger partial charge in [0.25, 0.3) is 5.56 Å². The van der Waals surface area contributed by atoms with Crippen LogP contribution in [-0.4, -0.2) is 45.2 Å². The van der Waals surface area contributed by atoms with Crippen LogP contribution in [0.25, 0.3) is 16.9 Å². The molecular weight excluding hydrogens is 463 g/mol. The molecule has 0 spiro atoms. The van der Waals surface area contributed by atoms with E-state index >= 15 is 0 Å².